The van der Waals surface area contributed by atoms with Crippen LogP contribution < -0.4 is 15.2 Å². The number of ether oxygens (including phenoxy) is 2. The average molecular weight is 263 g/mol. The fourth-order valence-corrected chi connectivity index (χ4v) is 1.66. The Morgan fingerprint density at radius 2 is 2.22 bits per heavy atom. The van der Waals surface area contributed by atoms with Gasteiger partial charge < -0.3 is 19.6 Å². The molecule has 0 amide bonds. The van der Waals surface area contributed by atoms with Crippen LogP contribution in [0.2, 0.25) is 0 Å². The highest BCUT2D eigenvalue weighted by atomic mass is 32.1. The van der Waals surface area contributed by atoms with Gasteiger partial charge in [0.15, 0.2) is 0 Å². The second-order valence-corrected chi connectivity index (χ2v) is 4.03. The van der Waals surface area contributed by atoms with E-state index < -0.39 is 0 Å². The molecule has 0 spiro atoms. The van der Waals surface area contributed by atoms with Crippen molar-refractivity contribution in [1.29, 1.82) is 0 Å². The summed E-state index contributed by atoms with van der Waals surface area (Å²) in [6, 6.07) is 8.95. The Balaban J connectivity index is 2.20. The molecule has 1 aromatic carbocycles. The second kappa shape index (κ2) is 5.55. The van der Waals surface area contributed by atoms with E-state index in [-0.39, 0.29) is 4.99 Å². The maximum Gasteiger partial charge on any atom is 0.146 e. The zero-order chi connectivity index (χ0) is 13.0. The summed E-state index contributed by atoms with van der Waals surface area (Å²) in [5.41, 5.74) is 6.32. The quantitative estimate of drug-likeness (QED) is 0.840. The first-order valence-corrected chi connectivity index (χ1v) is 5.74. The molecule has 0 aliphatic carbocycles. The molecular weight excluding hydrogens is 250 g/mol. The number of furan rings is 1. The lowest BCUT2D eigenvalue weighted by atomic mass is 10.2. The Morgan fingerprint density at radius 1 is 1.39 bits per heavy atom. The van der Waals surface area contributed by atoms with Crippen molar-refractivity contribution >= 4 is 17.2 Å². The number of rotatable bonds is 5. The number of hydrogen-bond donors (Lipinski definition) is 1. The summed E-state index contributed by atoms with van der Waals surface area (Å²) in [6.45, 7) is 0.315. The second-order valence-electron chi connectivity index (χ2n) is 3.59. The monoisotopic (exact) mass is 263 g/mol. The van der Waals surface area contributed by atoms with Crippen molar-refractivity contribution in [1.82, 2.24) is 0 Å². The van der Waals surface area contributed by atoms with Gasteiger partial charge in [-0.15, -0.1) is 0 Å². The van der Waals surface area contributed by atoms with Gasteiger partial charge in [0.05, 0.1) is 18.9 Å². The van der Waals surface area contributed by atoms with E-state index in [1.807, 2.05) is 6.07 Å². The Labute approximate surface area is 110 Å². The molecule has 4 nitrogen and oxygen atoms in total. The molecule has 94 valence electrons. The molecule has 0 aliphatic heterocycles. The minimum absolute atomic E-state index is 0.284. The Hall–Kier alpha value is -2.01. The SMILES string of the molecule is COc1ccc(C(N)=S)c(OCc2ccco2)c1. The molecule has 2 rings (SSSR count). The summed E-state index contributed by atoms with van der Waals surface area (Å²) in [7, 11) is 1.59. The largest absolute Gasteiger partial charge is 0.497 e. The van der Waals surface area contributed by atoms with Crippen molar-refractivity contribution < 1.29 is 13.9 Å². The zero-order valence-electron chi connectivity index (χ0n) is 9.88. The maximum absolute atomic E-state index is 5.64. The van der Waals surface area contributed by atoms with Crippen molar-refractivity contribution in [3.05, 3.63) is 47.9 Å². The van der Waals surface area contributed by atoms with E-state index in [1.165, 1.54) is 0 Å². The van der Waals surface area contributed by atoms with Gasteiger partial charge >= 0.3 is 0 Å². The van der Waals surface area contributed by atoms with Crippen molar-refractivity contribution in [2.45, 2.75) is 6.61 Å². The molecule has 0 saturated carbocycles. The standard InChI is InChI=1S/C13H13NO3S/c1-15-9-4-5-11(13(14)18)12(7-9)17-8-10-3-2-6-16-10/h2-7H,8H2,1H3,(H2,14,18). The molecule has 1 aromatic heterocycles. The summed E-state index contributed by atoms with van der Waals surface area (Å²) in [5.74, 6) is 1.99. The van der Waals surface area contributed by atoms with Crippen LogP contribution in [-0.4, -0.2) is 12.1 Å². The first-order chi connectivity index (χ1) is 8.70. The average Bonchev–Trinajstić information content (AvgIpc) is 2.88. The van der Waals surface area contributed by atoms with E-state index >= 15 is 0 Å². The molecule has 2 aromatic rings. The summed E-state index contributed by atoms with van der Waals surface area (Å²) >= 11 is 4.98. The summed E-state index contributed by atoms with van der Waals surface area (Å²) < 4.78 is 16.0. The predicted molar refractivity (Wildman–Crippen MR) is 71.9 cm³/mol. The van der Waals surface area contributed by atoms with Crippen LogP contribution in [0.3, 0.4) is 0 Å². The van der Waals surface area contributed by atoms with Crippen molar-refractivity contribution in [2.75, 3.05) is 7.11 Å². The van der Waals surface area contributed by atoms with Crippen molar-refractivity contribution in [3.8, 4) is 11.5 Å². The van der Waals surface area contributed by atoms with Crippen LogP contribution in [0.5, 0.6) is 11.5 Å². The van der Waals surface area contributed by atoms with Crippen molar-refractivity contribution in [3.63, 3.8) is 0 Å². The summed E-state index contributed by atoms with van der Waals surface area (Å²) in [5, 5.41) is 0. The highest BCUT2D eigenvalue weighted by Gasteiger charge is 2.09. The predicted octanol–water partition coefficient (Wildman–Crippen LogP) is 2.50. The van der Waals surface area contributed by atoms with Gasteiger partial charge in [-0.3, -0.25) is 0 Å². The number of hydrogen-bond acceptors (Lipinski definition) is 4. The van der Waals surface area contributed by atoms with E-state index in [1.54, 1.807) is 37.6 Å². The minimum Gasteiger partial charge on any atom is -0.497 e. The van der Waals surface area contributed by atoms with Crippen LogP contribution >= 0.6 is 12.2 Å². The Morgan fingerprint density at radius 3 is 2.83 bits per heavy atom. The highest BCUT2D eigenvalue weighted by Crippen LogP contribution is 2.25. The van der Waals surface area contributed by atoms with E-state index in [9.17, 15) is 0 Å². The van der Waals surface area contributed by atoms with Gasteiger partial charge in [0, 0.05) is 6.07 Å². The lowest BCUT2D eigenvalue weighted by Gasteiger charge is -2.11. The molecule has 0 atom stereocenters. The third kappa shape index (κ3) is 2.81. The maximum atomic E-state index is 5.64. The smallest absolute Gasteiger partial charge is 0.146 e. The molecule has 0 saturated heterocycles. The van der Waals surface area contributed by atoms with Gasteiger partial charge in [-0.2, -0.15) is 0 Å². The molecule has 5 heteroatoms. The first-order valence-electron chi connectivity index (χ1n) is 5.33. The van der Waals surface area contributed by atoms with E-state index in [0.29, 0.717) is 23.7 Å². The molecule has 0 fully saturated rings. The van der Waals surface area contributed by atoms with Gasteiger partial charge in [0.25, 0.3) is 0 Å². The topological polar surface area (TPSA) is 57.6 Å². The lowest BCUT2D eigenvalue weighted by molar-refractivity contribution is 0.268. The molecule has 0 radical (unpaired) electrons. The fourth-order valence-electron chi connectivity index (χ4n) is 1.50. The summed E-state index contributed by atoms with van der Waals surface area (Å²) in [4.78, 5) is 0.284. The van der Waals surface area contributed by atoms with Crippen LogP contribution in [0.4, 0.5) is 0 Å². The normalized spacial score (nSPS) is 10.1. The van der Waals surface area contributed by atoms with Gasteiger partial charge in [0.1, 0.15) is 28.9 Å². The van der Waals surface area contributed by atoms with Crippen LogP contribution in [0.25, 0.3) is 0 Å². The van der Waals surface area contributed by atoms with Crippen LogP contribution in [0.1, 0.15) is 11.3 Å². The minimum atomic E-state index is 0.284. The lowest BCUT2D eigenvalue weighted by Crippen LogP contribution is -2.11. The van der Waals surface area contributed by atoms with E-state index in [2.05, 4.69) is 0 Å². The number of thiocarbonyl (C=S) groups is 1. The third-order valence-corrected chi connectivity index (χ3v) is 2.62. The van der Waals surface area contributed by atoms with E-state index in [4.69, 9.17) is 31.8 Å². The number of benzene rings is 1. The first kappa shape index (κ1) is 12.4. The fraction of sp³-hybridized carbons (Fsp3) is 0.154. The number of methoxy groups -OCH3 is 1. The van der Waals surface area contributed by atoms with E-state index in [0.717, 1.165) is 5.76 Å². The zero-order valence-corrected chi connectivity index (χ0v) is 10.7. The third-order valence-electron chi connectivity index (χ3n) is 2.40. The molecule has 0 unspecified atom stereocenters. The van der Waals surface area contributed by atoms with Gasteiger partial charge in [0.2, 0.25) is 0 Å². The molecule has 1 heterocycles. The van der Waals surface area contributed by atoms with Gasteiger partial charge in [-0.1, -0.05) is 12.2 Å². The molecule has 0 aliphatic rings. The van der Waals surface area contributed by atoms with Crippen LogP contribution in [0, 0.1) is 0 Å². The molecule has 18 heavy (non-hydrogen) atoms. The number of nitrogens with two attached hydrogens (primary N) is 1. The molecule has 2 N–H and O–H groups in total. The van der Waals surface area contributed by atoms with Crippen LogP contribution in [0.15, 0.2) is 41.0 Å². The highest BCUT2D eigenvalue weighted by molar-refractivity contribution is 7.80. The van der Waals surface area contributed by atoms with Gasteiger partial charge in [-0.05, 0) is 24.3 Å². The summed E-state index contributed by atoms with van der Waals surface area (Å²) in [6.07, 6.45) is 1.60. The Kier molecular flexibility index (Phi) is 3.84. The molecule has 0 bridgehead atoms. The molecular formula is C13H13NO3S. The van der Waals surface area contributed by atoms with Crippen molar-refractivity contribution in [2.24, 2.45) is 5.73 Å². The van der Waals surface area contributed by atoms with Gasteiger partial charge in [-0.25, -0.2) is 0 Å². The Bertz CT molecular complexity index is 537. The van der Waals surface area contributed by atoms with Crippen LogP contribution in [-0.2, 0) is 6.61 Å².